The molecule has 0 aliphatic carbocycles. The summed E-state index contributed by atoms with van der Waals surface area (Å²) >= 11 is 0. The zero-order chi connectivity index (χ0) is 34.0. The Morgan fingerprint density at radius 2 is 1.87 bits per heavy atom. The fourth-order valence-electron chi connectivity index (χ4n) is 6.36. The van der Waals surface area contributed by atoms with Crippen molar-refractivity contribution >= 4 is 23.1 Å². The number of hydrogen-bond donors (Lipinski definition) is 2. The summed E-state index contributed by atoms with van der Waals surface area (Å²) < 4.78 is 46.7. The number of nitrogens with one attached hydrogen (secondary N) is 2. The van der Waals surface area contributed by atoms with Crippen LogP contribution in [-0.4, -0.2) is 89.8 Å². The Balaban J connectivity index is 1.57. The van der Waals surface area contributed by atoms with Gasteiger partial charge < -0.3 is 24.8 Å². The number of H-pyrrole nitrogens is 1. The minimum atomic E-state index is -4.25. The first-order chi connectivity index (χ1) is 22.3. The molecular weight excluding hydrogens is 613 g/mol. The van der Waals surface area contributed by atoms with E-state index in [1.54, 1.807) is 31.6 Å². The van der Waals surface area contributed by atoms with Crippen LogP contribution in [0.1, 0.15) is 46.9 Å². The average molecular weight is 655 g/mol. The van der Waals surface area contributed by atoms with Gasteiger partial charge in [-0.15, -0.1) is 0 Å². The molecule has 14 heteroatoms. The number of piperidine rings is 1. The summed E-state index contributed by atoms with van der Waals surface area (Å²) in [5.41, 5.74) is 3.81. The number of imidazole rings is 1. The molecule has 5 heterocycles. The number of halogens is 3. The van der Waals surface area contributed by atoms with E-state index in [1.807, 2.05) is 49.4 Å². The first-order valence-corrected chi connectivity index (χ1v) is 15.6. The molecule has 0 spiro atoms. The molecule has 0 unspecified atom stereocenters. The van der Waals surface area contributed by atoms with Gasteiger partial charge in [-0.1, -0.05) is 0 Å². The first kappa shape index (κ1) is 33.8. The van der Waals surface area contributed by atoms with Crippen LogP contribution in [0.25, 0.3) is 16.8 Å². The van der Waals surface area contributed by atoms with E-state index in [0.717, 1.165) is 17.2 Å². The molecule has 1 amide bonds. The highest BCUT2D eigenvalue weighted by molar-refractivity contribution is 5.99. The van der Waals surface area contributed by atoms with Gasteiger partial charge in [0, 0.05) is 68.4 Å². The van der Waals surface area contributed by atoms with Gasteiger partial charge in [0.1, 0.15) is 23.7 Å². The highest BCUT2D eigenvalue weighted by Crippen LogP contribution is 2.35. The molecule has 0 atom stereocenters. The molecule has 1 aliphatic rings. The van der Waals surface area contributed by atoms with E-state index in [4.69, 9.17) is 9.72 Å². The molecular formula is C33H41F3N8O3. The number of carbonyl (C=O) groups is 1. The number of alkyl halides is 3. The number of hydrogen-bond acceptors (Lipinski definition) is 8. The summed E-state index contributed by atoms with van der Waals surface area (Å²) in [5, 5.41) is 2.91. The van der Waals surface area contributed by atoms with E-state index in [2.05, 4.69) is 20.2 Å². The van der Waals surface area contributed by atoms with E-state index < -0.39 is 12.7 Å². The van der Waals surface area contributed by atoms with E-state index >= 15 is 0 Å². The van der Waals surface area contributed by atoms with Crippen molar-refractivity contribution in [3.63, 3.8) is 0 Å². The largest absolute Gasteiger partial charge is 0.496 e. The molecule has 0 aromatic carbocycles. The summed E-state index contributed by atoms with van der Waals surface area (Å²) in [6.07, 6.45) is 0.257. The lowest BCUT2D eigenvalue weighted by Crippen LogP contribution is -2.48. The second-order valence-corrected chi connectivity index (χ2v) is 12.1. The number of amides is 1. The van der Waals surface area contributed by atoms with Gasteiger partial charge in [0.25, 0.3) is 11.5 Å². The quantitative estimate of drug-likeness (QED) is 0.256. The third kappa shape index (κ3) is 7.22. The Morgan fingerprint density at radius 1 is 1.15 bits per heavy atom. The Bertz CT molecular complexity index is 1810. The maximum Gasteiger partial charge on any atom is 0.401 e. The van der Waals surface area contributed by atoms with Crippen LogP contribution in [0, 0.1) is 13.8 Å². The lowest BCUT2D eigenvalue weighted by Gasteiger charge is -2.40. The molecule has 4 aromatic heterocycles. The van der Waals surface area contributed by atoms with Crippen molar-refractivity contribution in [3.05, 3.63) is 69.5 Å². The van der Waals surface area contributed by atoms with Crippen molar-refractivity contribution in [2.24, 2.45) is 0 Å². The van der Waals surface area contributed by atoms with Gasteiger partial charge in [-0.25, -0.2) is 9.97 Å². The maximum atomic E-state index is 13.9. The number of ether oxygens (including phenoxy) is 1. The number of aromatic amines is 1. The smallest absolute Gasteiger partial charge is 0.401 e. The third-order valence-electron chi connectivity index (χ3n) is 8.66. The number of rotatable bonds is 10. The van der Waals surface area contributed by atoms with Crippen molar-refractivity contribution in [2.45, 2.75) is 52.4 Å². The second-order valence-electron chi connectivity index (χ2n) is 12.1. The molecule has 2 N–H and O–H groups in total. The number of pyridine rings is 3. The third-order valence-corrected chi connectivity index (χ3v) is 8.66. The summed E-state index contributed by atoms with van der Waals surface area (Å²) in [4.78, 5) is 44.1. The van der Waals surface area contributed by atoms with Gasteiger partial charge in [-0.2, -0.15) is 13.2 Å². The summed E-state index contributed by atoms with van der Waals surface area (Å²) in [6, 6.07) is 7.23. The van der Waals surface area contributed by atoms with Gasteiger partial charge >= 0.3 is 6.18 Å². The lowest BCUT2D eigenvalue weighted by atomic mass is 10.0. The molecule has 1 saturated heterocycles. The monoisotopic (exact) mass is 654 g/mol. The standard InChI is InChI=1S/C33H41F3N8O3/c1-7-43(23-9-12-42(13-10-23)18-33(34,35)36)32-21(3)24(30(45)38-17-25-27(47-6)14-20(2)40-31(25)46)16-26-29(39-19-44(26)32)22-8-11-37-28(15-22)41(4)5/h8,11,14-16,19,23H,7,9-10,12-13,17-18H2,1-6H3,(H,38,45)(H,40,46). The zero-order valence-corrected chi connectivity index (χ0v) is 27.5. The predicted molar refractivity (Wildman–Crippen MR) is 176 cm³/mol. The van der Waals surface area contributed by atoms with Crippen LogP contribution < -0.4 is 25.4 Å². The predicted octanol–water partition coefficient (Wildman–Crippen LogP) is 4.56. The number of likely N-dealkylation sites (tertiary alicyclic amines) is 1. The molecule has 0 bridgehead atoms. The molecule has 47 heavy (non-hydrogen) atoms. The van der Waals surface area contributed by atoms with Gasteiger partial charge in [-0.05, 0) is 57.9 Å². The van der Waals surface area contributed by atoms with E-state index in [-0.39, 0.29) is 24.1 Å². The molecule has 0 radical (unpaired) electrons. The van der Waals surface area contributed by atoms with Gasteiger partial charge in [-0.3, -0.25) is 18.9 Å². The molecule has 0 saturated carbocycles. The summed E-state index contributed by atoms with van der Waals surface area (Å²) in [6.45, 7) is 5.82. The van der Waals surface area contributed by atoms with Crippen molar-refractivity contribution in [1.29, 1.82) is 0 Å². The van der Waals surface area contributed by atoms with Crippen molar-refractivity contribution in [1.82, 2.24) is 29.6 Å². The second kappa shape index (κ2) is 13.6. The van der Waals surface area contributed by atoms with Crippen molar-refractivity contribution in [2.75, 3.05) is 57.2 Å². The van der Waals surface area contributed by atoms with Gasteiger partial charge in [0.2, 0.25) is 0 Å². The molecule has 1 fully saturated rings. The van der Waals surface area contributed by atoms with Crippen LogP contribution in [0.3, 0.4) is 0 Å². The minimum Gasteiger partial charge on any atom is -0.496 e. The highest BCUT2D eigenvalue weighted by atomic mass is 19.4. The average Bonchev–Trinajstić information content (AvgIpc) is 3.45. The van der Waals surface area contributed by atoms with Crippen LogP contribution in [0.15, 0.2) is 41.6 Å². The van der Waals surface area contributed by atoms with Crippen molar-refractivity contribution < 1.29 is 22.7 Å². The zero-order valence-electron chi connectivity index (χ0n) is 27.5. The first-order valence-electron chi connectivity index (χ1n) is 15.6. The van der Waals surface area contributed by atoms with E-state index in [1.165, 1.54) is 12.0 Å². The molecule has 5 rings (SSSR count). The SMILES string of the molecule is CCN(c1c(C)c(C(=O)NCc2c(OC)cc(C)[nH]c2=O)cc2c(-c3ccnc(N(C)C)c3)ncn12)C1CCN(CC(F)(F)F)CC1. The number of nitrogens with zero attached hydrogens (tertiary/aromatic N) is 6. The van der Waals surface area contributed by atoms with Crippen molar-refractivity contribution in [3.8, 4) is 17.0 Å². The highest BCUT2D eigenvalue weighted by Gasteiger charge is 2.34. The van der Waals surface area contributed by atoms with Crippen LogP contribution >= 0.6 is 0 Å². The normalized spacial score (nSPS) is 14.4. The van der Waals surface area contributed by atoms with Crippen LogP contribution in [0.4, 0.5) is 24.8 Å². The van der Waals surface area contributed by atoms with Crippen LogP contribution in [-0.2, 0) is 6.54 Å². The van der Waals surface area contributed by atoms with E-state index in [0.29, 0.717) is 71.8 Å². The number of aromatic nitrogens is 4. The van der Waals surface area contributed by atoms with Gasteiger partial charge in [0.05, 0.1) is 37.0 Å². The van der Waals surface area contributed by atoms with Gasteiger partial charge in [0.15, 0.2) is 0 Å². The van der Waals surface area contributed by atoms with Crippen LogP contribution in [0.2, 0.25) is 0 Å². The minimum absolute atomic E-state index is 0.0489. The Morgan fingerprint density at radius 3 is 2.51 bits per heavy atom. The molecule has 11 nitrogen and oxygen atoms in total. The number of fused-ring (bicyclic) bond motifs is 1. The fourth-order valence-corrected chi connectivity index (χ4v) is 6.36. The lowest BCUT2D eigenvalue weighted by molar-refractivity contribution is -0.147. The van der Waals surface area contributed by atoms with E-state index in [9.17, 15) is 22.8 Å². The molecule has 4 aromatic rings. The summed E-state index contributed by atoms with van der Waals surface area (Å²) in [7, 11) is 5.27. The number of aryl methyl sites for hydroxylation is 1. The Kier molecular flexibility index (Phi) is 9.80. The Hall–Kier alpha value is -4.59. The topological polar surface area (TPSA) is 111 Å². The Labute approximate surface area is 271 Å². The number of anilines is 2. The summed E-state index contributed by atoms with van der Waals surface area (Å²) in [5.74, 6) is 1.48. The molecule has 1 aliphatic heterocycles. The maximum absolute atomic E-state index is 13.9. The molecule has 252 valence electrons. The fraction of sp³-hybridized carbons (Fsp3) is 0.455. The number of carbonyl (C=O) groups excluding carboxylic acids is 1. The van der Waals surface area contributed by atoms with Crippen LogP contribution in [0.5, 0.6) is 5.75 Å². The number of methoxy groups -OCH3 is 1.